The van der Waals surface area contributed by atoms with Crippen LogP contribution in [0.3, 0.4) is 0 Å². The summed E-state index contributed by atoms with van der Waals surface area (Å²) >= 11 is 12.4. The molecule has 1 N–H and O–H groups in total. The third kappa shape index (κ3) is 7.11. The minimum atomic E-state index is -3.29. The van der Waals surface area contributed by atoms with E-state index in [0.717, 1.165) is 55.2 Å². The van der Waals surface area contributed by atoms with Gasteiger partial charge in [-0.2, -0.15) is 0 Å². The first-order chi connectivity index (χ1) is 18.7. The smallest absolute Gasteiger partial charge is 0.253 e. The van der Waals surface area contributed by atoms with Crippen LogP contribution in [-0.4, -0.2) is 74.1 Å². The lowest BCUT2D eigenvalue weighted by Crippen LogP contribution is -2.53. The molecule has 1 aromatic heterocycles. The maximum Gasteiger partial charge on any atom is 0.253 e. The molecule has 0 saturated carbocycles. The van der Waals surface area contributed by atoms with Crippen LogP contribution in [0, 0.1) is 11.8 Å². The fourth-order valence-electron chi connectivity index (χ4n) is 5.99. The van der Waals surface area contributed by atoms with E-state index >= 15 is 0 Å². The van der Waals surface area contributed by atoms with E-state index in [-0.39, 0.29) is 11.8 Å². The molecule has 0 radical (unpaired) electrons. The molecule has 2 aliphatic rings. The largest absolute Gasteiger partial charge is 0.339 e. The fourth-order valence-corrected chi connectivity index (χ4v) is 6.83. The second-order valence-electron chi connectivity index (χ2n) is 10.8. The maximum atomic E-state index is 13.2. The van der Waals surface area contributed by atoms with Gasteiger partial charge in [-0.25, -0.2) is 13.1 Å². The number of hydrogen-bond donors (Lipinski definition) is 1. The Labute approximate surface area is 240 Å². The Morgan fingerprint density at radius 2 is 1.79 bits per heavy atom. The number of nitrogens with zero attached hydrogens (tertiary/aromatic N) is 3. The minimum absolute atomic E-state index is 0.0646. The van der Waals surface area contributed by atoms with E-state index in [0.29, 0.717) is 47.2 Å². The highest BCUT2D eigenvalue weighted by Crippen LogP contribution is 2.32. The molecule has 5 rings (SSSR count). The molecule has 1 amide bonds. The van der Waals surface area contributed by atoms with Gasteiger partial charge in [-0.05, 0) is 86.0 Å². The molecule has 0 bridgehead atoms. The normalized spacial score (nSPS) is 21.4. The Balaban J connectivity index is 1.21. The third-order valence-corrected chi connectivity index (χ3v) is 9.56. The van der Waals surface area contributed by atoms with Gasteiger partial charge in [0.1, 0.15) is 0 Å². The van der Waals surface area contributed by atoms with Crippen LogP contribution in [0.15, 0.2) is 54.7 Å². The molecule has 2 aliphatic heterocycles. The SMILES string of the molecule is CS(=O)(=O)NC[C@@H]1CN(C2CCN(C(=O)c3ccc4ncccc4c3)CC2)CC[C@@H]1Cc1ccc(Cl)c(Cl)c1. The molecule has 0 aliphatic carbocycles. The van der Waals surface area contributed by atoms with E-state index in [1.54, 1.807) is 6.20 Å². The van der Waals surface area contributed by atoms with Crippen molar-refractivity contribution in [3.8, 4) is 0 Å². The van der Waals surface area contributed by atoms with E-state index < -0.39 is 10.0 Å². The zero-order chi connectivity index (χ0) is 27.6. The zero-order valence-electron chi connectivity index (χ0n) is 22.0. The minimum Gasteiger partial charge on any atom is -0.339 e. The summed E-state index contributed by atoms with van der Waals surface area (Å²) in [6.45, 7) is 3.62. The Morgan fingerprint density at radius 1 is 1.00 bits per heavy atom. The molecule has 208 valence electrons. The topological polar surface area (TPSA) is 82.6 Å². The van der Waals surface area contributed by atoms with Crippen LogP contribution in [0.4, 0.5) is 0 Å². The van der Waals surface area contributed by atoms with Crippen LogP contribution in [-0.2, 0) is 16.4 Å². The molecule has 2 aromatic carbocycles. The number of carbonyl (C=O) groups excluding carboxylic acids is 1. The van der Waals surface area contributed by atoms with Crippen molar-refractivity contribution in [3.05, 3.63) is 75.9 Å². The van der Waals surface area contributed by atoms with Gasteiger partial charge >= 0.3 is 0 Å². The summed E-state index contributed by atoms with van der Waals surface area (Å²) in [4.78, 5) is 22.0. The number of amides is 1. The van der Waals surface area contributed by atoms with Crippen molar-refractivity contribution in [2.45, 2.75) is 31.7 Å². The number of aromatic nitrogens is 1. The highest BCUT2D eigenvalue weighted by molar-refractivity contribution is 7.88. The summed E-state index contributed by atoms with van der Waals surface area (Å²) in [6.07, 6.45) is 6.58. The molecular formula is C29H34Cl2N4O3S. The highest BCUT2D eigenvalue weighted by Gasteiger charge is 2.35. The number of rotatable bonds is 7. The van der Waals surface area contributed by atoms with Gasteiger partial charge in [0.2, 0.25) is 10.0 Å². The first kappa shape index (κ1) is 28.3. The van der Waals surface area contributed by atoms with E-state index in [1.165, 1.54) is 6.26 Å². The van der Waals surface area contributed by atoms with Crippen molar-refractivity contribution >= 4 is 50.0 Å². The van der Waals surface area contributed by atoms with Crippen LogP contribution in [0.25, 0.3) is 10.9 Å². The Morgan fingerprint density at radius 3 is 2.54 bits per heavy atom. The molecule has 3 aromatic rings. The second kappa shape index (κ2) is 12.1. The lowest BCUT2D eigenvalue weighted by molar-refractivity contribution is 0.0413. The van der Waals surface area contributed by atoms with Crippen LogP contribution < -0.4 is 4.72 Å². The number of nitrogens with one attached hydrogen (secondary N) is 1. The molecule has 2 fully saturated rings. The van der Waals surface area contributed by atoms with E-state index in [4.69, 9.17) is 23.2 Å². The Bertz CT molecular complexity index is 1440. The van der Waals surface area contributed by atoms with Gasteiger partial charge < -0.3 is 4.90 Å². The number of carbonyl (C=O) groups is 1. The number of likely N-dealkylation sites (tertiary alicyclic amines) is 2. The van der Waals surface area contributed by atoms with E-state index in [9.17, 15) is 13.2 Å². The summed E-state index contributed by atoms with van der Waals surface area (Å²) in [5, 5.41) is 2.04. The quantitative estimate of drug-likeness (QED) is 0.425. The molecular weight excluding hydrogens is 555 g/mol. The predicted octanol–water partition coefficient (Wildman–Crippen LogP) is 4.88. The van der Waals surface area contributed by atoms with Gasteiger partial charge in [-0.3, -0.25) is 14.7 Å². The summed E-state index contributed by atoms with van der Waals surface area (Å²) in [7, 11) is -3.29. The summed E-state index contributed by atoms with van der Waals surface area (Å²) in [5.41, 5.74) is 2.70. The lowest BCUT2D eigenvalue weighted by Gasteiger charge is -2.45. The fraction of sp³-hybridized carbons (Fsp3) is 0.448. The first-order valence-corrected chi connectivity index (χ1v) is 16.1. The van der Waals surface area contributed by atoms with Crippen molar-refractivity contribution in [2.24, 2.45) is 11.8 Å². The van der Waals surface area contributed by atoms with E-state index in [1.807, 2.05) is 53.4 Å². The van der Waals surface area contributed by atoms with Crippen molar-refractivity contribution < 1.29 is 13.2 Å². The number of pyridine rings is 1. The number of hydrogen-bond acceptors (Lipinski definition) is 5. The number of benzene rings is 2. The molecule has 39 heavy (non-hydrogen) atoms. The number of halogens is 2. The van der Waals surface area contributed by atoms with Gasteiger partial charge in [-0.15, -0.1) is 0 Å². The predicted molar refractivity (Wildman–Crippen MR) is 157 cm³/mol. The van der Waals surface area contributed by atoms with Crippen LogP contribution in [0.1, 0.15) is 35.2 Å². The van der Waals surface area contributed by atoms with Crippen LogP contribution in [0.5, 0.6) is 0 Å². The average Bonchev–Trinajstić information content (AvgIpc) is 2.93. The van der Waals surface area contributed by atoms with Gasteiger partial charge in [-0.1, -0.05) is 35.3 Å². The standard InChI is InChI=1S/C29H34Cl2N4O3S/c1-39(37,38)33-18-24-19-35(12-8-21(24)15-20-4-6-26(30)27(31)16-20)25-9-13-34(14-10-25)29(36)23-5-7-28-22(17-23)3-2-11-32-28/h2-7,11,16-17,21,24-25,33H,8-10,12-15,18-19H2,1H3/t21-,24-/m1/s1. The molecule has 7 nitrogen and oxygen atoms in total. The monoisotopic (exact) mass is 588 g/mol. The van der Waals surface area contributed by atoms with Gasteiger partial charge in [0, 0.05) is 49.4 Å². The number of piperidine rings is 2. The summed E-state index contributed by atoms with van der Waals surface area (Å²) in [6, 6.07) is 15.7. The molecule has 2 saturated heterocycles. The van der Waals surface area contributed by atoms with Crippen molar-refractivity contribution in [3.63, 3.8) is 0 Å². The Kier molecular flexibility index (Phi) is 8.79. The zero-order valence-corrected chi connectivity index (χ0v) is 24.4. The van der Waals surface area contributed by atoms with Crippen molar-refractivity contribution in [2.75, 3.05) is 39.0 Å². The van der Waals surface area contributed by atoms with E-state index in [2.05, 4.69) is 14.6 Å². The highest BCUT2D eigenvalue weighted by atomic mass is 35.5. The first-order valence-electron chi connectivity index (χ1n) is 13.4. The summed E-state index contributed by atoms with van der Waals surface area (Å²) < 4.78 is 26.5. The molecule has 0 unspecified atom stereocenters. The second-order valence-corrected chi connectivity index (χ2v) is 13.5. The summed E-state index contributed by atoms with van der Waals surface area (Å²) in [5.74, 6) is 0.570. The van der Waals surface area contributed by atoms with Crippen LogP contribution >= 0.6 is 23.2 Å². The van der Waals surface area contributed by atoms with Gasteiger partial charge in [0.15, 0.2) is 0 Å². The van der Waals surface area contributed by atoms with Gasteiger partial charge in [0.05, 0.1) is 21.8 Å². The number of fused-ring (bicyclic) bond motifs is 1. The molecule has 3 heterocycles. The lowest BCUT2D eigenvalue weighted by atomic mass is 9.80. The molecule has 0 spiro atoms. The molecule has 2 atom stereocenters. The average molecular weight is 590 g/mol. The molecule has 10 heteroatoms. The van der Waals surface area contributed by atoms with Crippen LogP contribution in [0.2, 0.25) is 10.0 Å². The van der Waals surface area contributed by atoms with Crippen molar-refractivity contribution in [1.29, 1.82) is 0 Å². The number of sulfonamides is 1. The third-order valence-electron chi connectivity index (χ3n) is 8.13. The maximum absolute atomic E-state index is 13.2. The Hall–Kier alpha value is -2.23. The van der Waals surface area contributed by atoms with Crippen molar-refractivity contribution in [1.82, 2.24) is 19.5 Å². The van der Waals surface area contributed by atoms with Gasteiger partial charge in [0.25, 0.3) is 5.91 Å².